The van der Waals surface area contributed by atoms with Gasteiger partial charge in [0.2, 0.25) is 5.91 Å². The van der Waals surface area contributed by atoms with Crippen molar-refractivity contribution < 1.29 is 4.79 Å². The molecule has 1 rings (SSSR count). The standard InChI is InChI=1S/C10H15BrN4O/c1-3-13-9(16)6-15(4-2)10-8(11)5-12-7-14-10/h5,7H,3-4,6H2,1-2H3,(H,13,16). The number of carbonyl (C=O) groups is 1. The van der Waals surface area contributed by atoms with Crippen LogP contribution in [0.25, 0.3) is 0 Å². The fourth-order valence-corrected chi connectivity index (χ4v) is 1.77. The molecule has 16 heavy (non-hydrogen) atoms. The van der Waals surface area contributed by atoms with Crippen molar-refractivity contribution in [3.8, 4) is 0 Å². The molecule has 1 aromatic heterocycles. The molecule has 0 aliphatic rings. The van der Waals surface area contributed by atoms with Crippen LogP contribution in [0, 0.1) is 0 Å². The van der Waals surface area contributed by atoms with E-state index in [-0.39, 0.29) is 5.91 Å². The van der Waals surface area contributed by atoms with Crippen LogP contribution in [0.15, 0.2) is 17.0 Å². The van der Waals surface area contributed by atoms with Gasteiger partial charge in [0, 0.05) is 19.3 Å². The van der Waals surface area contributed by atoms with Gasteiger partial charge in [0.05, 0.1) is 11.0 Å². The third-order valence-corrected chi connectivity index (χ3v) is 2.60. The Morgan fingerprint density at radius 1 is 1.56 bits per heavy atom. The largest absolute Gasteiger partial charge is 0.355 e. The maximum Gasteiger partial charge on any atom is 0.239 e. The van der Waals surface area contributed by atoms with Crippen molar-refractivity contribution in [3.63, 3.8) is 0 Å². The first-order valence-corrected chi connectivity index (χ1v) is 5.95. The summed E-state index contributed by atoms with van der Waals surface area (Å²) in [4.78, 5) is 21.4. The fraction of sp³-hybridized carbons (Fsp3) is 0.500. The lowest BCUT2D eigenvalue weighted by molar-refractivity contribution is -0.119. The van der Waals surface area contributed by atoms with Gasteiger partial charge in [0.15, 0.2) is 0 Å². The lowest BCUT2D eigenvalue weighted by Crippen LogP contribution is -2.37. The maximum absolute atomic E-state index is 11.5. The van der Waals surface area contributed by atoms with E-state index in [2.05, 4.69) is 31.2 Å². The Labute approximate surface area is 103 Å². The Hall–Kier alpha value is -1.17. The molecule has 1 amide bonds. The molecule has 0 fully saturated rings. The summed E-state index contributed by atoms with van der Waals surface area (Å²) >= 11 is 3.37. The minimum Gasteiger partial charge on any atom is -0.355 e. The van der Waals surface area contributed by atoms with Crippen LogP contribution in [0.2, 0.25) is 0 Å². The van der Waals surface area contributed by atoms with Crippen LogP contribution in [-0.2, 0) is 4.79 Å². The van der Waals surface area contributed by atoms with Crippen LogP contribution < -0.4 is 10.2 Å². The van der Waals surface area contributed by atoms with E-state index in [1.54, 1.807) is 6.20 Å². The first kappa shape index (κ1) is 12.9. The molecule has 0 bridgehead atoms. The predicted molar refractivity (Wildman–Crippen MR) is 66.3 cm³/mol. The number of nitrogens with zero attached hydrogens (tertiary/aromatic N) is 3. The molecule has 1 aromatic rings. The lowest BCUT2D eigenvalue weighted by Gasteiger charge is -2.21. The number of rotatable bonds is 5. The second-order valence-corrected chi connectivity index (χ2v) is 4.02. The molecule has 0 spiro atoms. The van der Waals surface area contributed by atoms with Crippen molar-refractivity contribution in [2.24, 2.45) is 0 Å². The van der Waals surface area contributed by atoms with E-state index >= 15 is 0 Å². The zero-order valence-electron chi connectivity index (χ0n) is 9.40. The van der Waals surface area contributed by atoms with Crippen molar-refractivity contribution in [1.29, 1.82) is 0 Å². The number of nitrogens with one attached hydrogen (secondary N) is 1. The molecule has 1 N–H and O–H groups in total. The molecule has 88 valence electrons. The highest BCUT2D eigenvalue weighted by atomic mass is 79.9. The second-order valence-electron chi connectivity index (χ2n) is 3.16. The molecule has 0 aromatic carbocycles. The summed E-state index contributed by atoms with van der Waals surface area (Å²) in [6.45, 7) is 5.54. The molecule has 6 heteroatoms. The van der Waals surface area contributed by atoms with Crippen LogP contribution in [0.1, 0.15) is 13.8 Å². The molecule has 0 saturated carbocycles. The fourth-order valence-electron chi connectivity index (χ4n) is 1.30. The summed E-state index contributed by atoms with van der Waals surface area (Å²) in [5.41, 5.74) is 0. The molecule has 0 saturated heterocycles. The number of aromatic nitrogens is 2. The summed E-state index contributed by atoms with van der Waals surface area (Å²) in [6, 6.07) is 0. The molecular weight excluding hydrogens is 272 g/mol. The van der Waals surface area contributed by atoms with E-state index in [9.17, 15) is 4.79 Å². The van der Waals surface area contributed by atoms with Crippen molar-refractivity contribution in [2.45, 2.75) is 13.8 Å². The van der Waals surface area contributed by atoms with E-state index in [0.717, 1.165) is 10.3 Å². The van der Waals surface area contributed by atoms with Crippen molar-refractivity contribution in [2.75, 3.05) is 24.5 Å². The lowest BCUT2D eigenvalue weighted by atomic mass is 10.4. The monoisotopic (exact) mass is 286 g/mol. The summed E-state index contributed by atoms with van der Waals surface area (Å²) in [6.07, 6.45) is 3.14. The molecule has 0 radical (unpaired) electrons. The minimum absolute atomic E-state index is 0.00476. The van der Waals surface area contributed by atoms with Crippen molar-refractivity contribution >= 4 is 27.7 Å². The highest BCUT2D eigenvalue weighted by Gasteiger charge is 2.13. The highest BCUT2D eigenvalue weighted by molar-refractivity contribution is 9.10. The molecule has 0 atom stereocenters. The van der Waals surface area contributed by atoms with Gasteiger partial charge in [-0.1, -0.05) is 0 Å². The number of hydrogen-bond donors (Lipinski definition) is 1. The quantitative estimate of drug-likeness (QED) is 0.884. The van der Waals surface area contributed by atoms with E-state index in [1.165, 1.54) is 6.33 Å². The third kappa shape index (κ3) is 3.44. The Bertz CT molecular complexity index is 358. The van der Waals surface area contributed by atoms with Gasteiger partial charge in [-0.2, -0.15) is 0 Å². The van der Waals surface area contributed by atoms with Gasteiger partial charge in [-0.25, -0.2) is 9.97 Å². The summed E-state index contributed by atoms with van der Waals surface area (Å²) in [5, 5.41) is 2.76. The minimum atomic E-state index is -0.00476. The SMILES string of the molecule is CCNC(=O)CN(CC)c1ncncc1Br. The van der Waals surface area contributed by atoms with E-state index in [4.69, 9.17) is 0 Å². The Morgan fingerprint density at radius 2 is 2.31 bits per heavy atom. The van der Waals surface area contributed by atoms with Gasteiger partial charge in [0.1, 0.15) is 12.1 Å². The van der Waals surface area contributed by atoms with Crippen LogP contribution in [-0.4, -0.2) is 35.5 Å². The molecule has 1 heterocycles. The van der Waals surface area contributed by atoms with E-state index in [0.29, 0.717) is 19.6 Å². The molecule has 0 aliphatic heterocycles. The van der Waals surface area contributed by atoms with E-state index < -0.39 is 0 Å². The van der Waals surface area contributed by atoms with Crippen LogP contribution in [0.4, 0.5) is 5.82 Å². The summed E-state index contributed by atoms with van der Waals surface area (Å²) < 4.78 is 0.793. The third-order valence-electron chi connectivity index (χ3n) is 2.04. The number of anilines is 1. The first-order valence-electron chi connectivity index (χ1n) is 5.16. The van der Waals surface area contributed by atoms with Gasteiger partial charge in [-0.05, 0) is 29.8 Å². The van der Waals surface area contributed by atoms with E-state index in [1.807, 2.05) is 18.7 Å². The van der Waals surface area contributed by atoms with Gasteiger partial charge >= 0.3 is 0 Å². The smallest absolute Gasteiger partial charge is 0.239 e. The van der Waals surface area contributed by atoms with Crippen molar-refractivity contribution in [3.05, 3.63) is 17.0 Å². The van der Waals surface area contributed by atoms with Crippen LogP contribution >= 0.6 is 15.9 Å². The van der Waals surface area contributed by atoms with Crippen LogP contribution in [0.5, 0.6) is 0 Å². The molecule has 0 unspecified atom stereocenters. The molecule has 0 aliphatic carbocycles. The summed E-state index contributed by atoms with van der Waals surface area (Å²) in [7, 11) is 0. The predicted octanol–water partition coefficient (Wildman–Crippen LogP) is 1.20. The Balaban J connectivity index is 2.75. The maximum atomic E-state index is 11.5. The van der Waals surface area contributed by atoms with Gasteiger partial charge < -0.3 is 10.2 Å². The van der Waals surface area contributed by atoms with Gasteiger partial charge in [-0.3, -0.25) is 4.79 Å². The average Bonchev–Trinajstić information content (AvgIpc) is 2.27. The van der Waals surface area contributed by atoms with Crippen molar-refractivity contribution in [1.82, 2.24) is 15.3 Å². The number of carbonyl (C=O) groups excluding carboxylic acids is 1. The number of amides is 1. The normalized spacial score (nSPS) is 9.94. The Kier molecular flexibility index (Phi) is 5.18. The second kappa shape index (κ2) is 6.42. The average molecular weight is 287 g/mol. The summed E-state index contributed by atoms with van der Waals surface area (Å²) in [5.74, 6) is 0.735. The van der Waals surface area contributed by atoms with Gasteiger partial charge in [-0.15, -0.1) is 0 Å². The van der Waals surface area contributed by atoms with Gasteiger partial charge in [0.25, 0.3) is 0 Å². The molecule has 5 nitrogen and oxygen atoms in total. The highest BCUT2D eigenvalue weighted by Crippen LogP contribution is 2.21. The number of likely N-dealkylation sites (N-methyl/N-ethyl adjacent to an activating group) is 2. The van der Waals surface area contributed by atoms with Crippen LogP contribution in [0.3, 0.4) is 0 Å². The Morgan fingerprint density at radius 3 is 2.88 bits per heavy atom. The molecular formula is C10H15BrN4O. The topological polar surface area (TPSA) is 58.1 Å². The number of halogens is 1. The number of hydrogen-bond acceptors (Lipinski definition) is 4. The zero-order chi connectivity index (χ0) is 12.0. The zero-order valence-corrected chi connectivity index (χ0v) is 11.0. The first-order chi connectivity index (χ1) is 7.69.